The zero-order chi connectivity index (χ0) is 24.5. The van der Waals surface area contributed by atoms with E-state index >= 15 is 0 Å². The predicted octanol–water partition coefficient (Wildman–Crippen LogP) is 4.92. The van der Waals surface area contributed by atoms with Crippen molar-refractivity contribution in [2.24, 2.45) is 5.10 Å². The Morgan fingerprint density at radius 1 is 0.629 bits per heavy atom. The van der Waals surface area contributed by atoms with Gasteiger partial charge in [-0.05, 0) is 78.4 Å². The van der Waals surface area contributed by atoms with Gasteiger partial charge in [0.1, 0.15) is 5.75 Å². The van der Waals surface area contributed by atoms with Crippen LogP contribution in [-0.2, 0) is 0 Å². The van der Waals surface area contributed by atoms with Gasteiger partial charge in [-0.1, -0.05) is 36.4 Å². The molecule has 0 atom stereocenters. The molecule has 0 aliphatic heterocycles. The fourth-order valence-electron chi connectivity index (χ4n) is 3.09. The topological polar surface area (TPSA) is 96.9 Å². The van der Waals surface area contributed by atoms with Crippen molar-refractivity contribution in [3.05, 3.63) is 131 Å². The average molecular weight is 463 g/mol. The molecule has 7 nitrogen and oxygen atoms in total. The number of anilines is 1. The summed E-state index contributed by atoms with van der Waals surface area (Å²) in [6.45, 7) is 0. The number of hydrogen-bond acceptors (Lipinski definition) is 5. The number of amides is 2. The van der Waals surface area contributed by atoms with Crippen LogP contribution in [0.25, 0.3) is 0 Å². The Balaban J connectivity index is 1.28. The predicted molar refractivity (Wildman–Crippen MR) is 134 cm³/mol. The molecule has 2 N–H and O–H groups in total. The highest BCUT2D eigenvalue weighted by atomic mass is 16.5. The smallest absolute Gasteiger partial charge is 0.343 e. The van der Waals surface area contributed by atoms with Crippen LogP contribution in [0.15, 0.2) is 114 Å². The van der Waals surface area contributed by atoms with Crippen molar-refractivity contribution in [1.82, 2.24) is 5.43 Å². The maximum atomic E-state index is 12.3. The van der Waals surface area contributed by atoms with Gasteiger partial charge in [0.25, 0.3) is 11.8 Å². The Bertz CT molecular complexity index is 1330. The van der Waals surface area contributed by atoms with Gasteiger partial charge in [0.2, 0.25) is 0 Å². The quantitative estimate of drug-likeness (QED) is 0.176. The molecule has 0 saturated carbocycles. The molecule has 7 heteroatoms. The summed E-state index contributed by atoms with van der Waals surface area (Å²) in [6, 6.07) is 30.8. The molecular formula is C28H21N3O4. The maximum Gasteiger partial charge on any atom is 0.343 e. The first-order valence-corrected chi connectivity index (χ1v) is 10.8. The van der Waals surface area contributed by atoms with Gasteiger partial charge in [-0.25, -0.2) is 10.2 Å². The zero-order valence-electron chi connectivity index (χ0n) is 18.5. The van der Waals surface area contributed by atoms with Gasteiger partial charge >= 0.3 is 5.97 Å². The summed E-state index contributed by atoms with van der Waals surface area (Å²) in [5.41, 5.74) is 5.15. The van der Waals surface area contributed by atoms with Crippen LogP contribution in [0.4, 0.5) is 5.69 Å². The lowest BCUT2D eigenvalue weighted by Gasteiger charge is -2.06. The van der Waals surface area contributed by atoms with Gasteiger partial charge < -0.3 is 10.1 Å². The van der Waals surface area contributed by atoms with Gasteiger partial charge in [-0.15, -0.1) is 0 Å². The third kappa shape index (κ3) is 6.49. The molecule has 0 heterocycles. The first kappa shape index (κ1) is 23.1. The van der Waals surface area contributed by atoms with E-state index in [1.54, 1.807) is 97.1 Å². The summed E-state index contributed by atoms with van der Waals surface area (Å²) >= 11 is 0. The van der Waals surface area contributed by atoms with E-state index in [-0.39, 0.29) is 5.91 Å². The number of hydrazone groups is 1. The number of nitrogens with zero attached hydrogens (tertiary/aromatic N) is 1. The third-order valence-electron chi connectivity index (χ3n) is 4.92. The number of ether oxygens (including phenoxy) is 1. The van der Waals surface area contributed by atoms with Crippen molar-refractivity contribution < 1.29 is 19.1 Å². The number of carbonyl (C=O) groups excluding carboxylic acids is 3. The van der Waals surface area contributed by atoms with Crippen LogP contribution in [0.5, 0.6) is 5.75 Å². The number of esters is 1. The van der Waals surface area contributed by atoms with Crippen molar-refractivity contribution in [1.29, 1.82) is 0 Å². The first-order valence-electron chi connectivity index (χ1n) is 10.8. The lowest BCUT2D eigenvalue weighted by molar-refractivity contribution is 0.0734. The fourth-order valence-corrected chi connectivity index (χ4v) is 3.09. The van der Waals surface area contributed by atoms with Gasteiger partial charge in [0, 0.05) is 16.8 Å². The van der Waals surface area contributed by atoms with E-state index in [9.17, 15) is 14.4 Å². The maximum absolute atomic E-state index is 12.3. The lowest BCUT2D eigenvalue weighted by atomic mass is 10.1. The summed E-state index contributed by atoms with van der Waals surface area (Å²) in [6.07, 6.45) is 1.48. The van der Waals surface area contributed by atoms with Gasteiger partial charge in [-0.3, -0.25) is 9.59 Å². The monoisotopic (exact) mass is 463 g/mol. The Labute approximate surface area is 202 Å². The van der Waals surface area contributed by atoms with Crippen LogP contribution < -0.4 is 15.5 Å². The first-order chi connectivity index (χ1) is 17.1. The molecule has 172 valence electrons. The summed E-state index contributed by atoms with van der Waals surface area (Å²) < 4.78 is 5.34. The number of nitrogens with one attached hydrogen (secondary N) is 2. The minimum absolute atomic E-state index is 0.228. The molecule has 0 aliphatic carbocycles. The molecule has 0 fully saturated rings. The fraction of sp³-hybridized carbons (Fsp3) is 0. The molecule has 0 aromatic heterocycles. The van der Waals surface area contributed by atoms with Crippen molar-refractivity contribution in [2.75, 3.05) is 5.32 Å². The molecule has 0 spiro atoms. The van der Waals surface area contributed by atoms with E-state index in [1.807, 2.05) is 12.1 Å². The average Bonchev–Trinajstić information content (AvgIpc) is 2.91. The summed E-state index contributed by atoms with van der Waals surface area (Å²) in [5, 5.41) is 6.75. The second kappa shape index (κ2) is 11.2. The van der Waals surface area contributed by atoms with Crippen molar-refractivity contribution in [3.63, 3.8) is 0 Å². The second-order valence-corrected chi connectivity index (χ2v) is 7.42. The Morgan fingerprint density at radius 2 is 1.20 bits per heavy atom. The Hall–Kier alpha value is -5.04. The second-order valence-electron chi connectivity index (χ2n) is 7.42. The van der Waals surface area contributed by atoms with Crippen LogP contribution in [0.1, 0.15) is 36.6 Å². The highest BCUT2D eigenvalue weighted by Crippen LogP contribution is 2.14. The SMILES string of the molecule is O=C(NN=Cc1ccc(OC(=O)c2ccccc2)cc1)c1ccc(NC(=O)c2ccccc2)cc1. The van der Waals surface area contributed by atoms with Crippen molar-refractivity contribution in [2.45, 2.75) is 0 Å². The molecule has 0 unspecified atom stereocenters. The van der Waals surface area contributed by atoms with E-state index in [1.165, 1.54) is 6.21 Å². The van der Waals surface area contributed by atoms with Crippen LogP contribution in [-0.4, -0.2) is 24.0 Å². The standard InChI is InChI=1S/C28H21N3O4/c32-26(21-7-3-1-4-8-21)30-24-15-13-22(14-16-24)27(33)31-29-19-20-11-17-25(18-12-20)35-28(34)23-9-5-2-6-10-23/h1-19H,(H,30,32)(H,31,33). The van der Waals surface area contributed by atoms with Crippen molar-refractivity contribution in [3.8, 4) is 5.75 Å². The normalized spacial score (nSPS) is 10.5. The Morgan fingerprint density at radius 3 is 1.83 bits per heavy atom. The van der Waals surface area contributed by atoms with Gasteiger partial charge in [0.15, 0.2) is 0 Å². The van der Waals surface area contributed by atoms with Crippen molar-refractivity contribution >= 4 is 29.7 Å². The molecule has 35 heavy (non-hydrogen) atoms. The van der Waals surface area contributed by atoms with E-state index in [0.717, 1.165) is 0 Å². The summed E-state index contributed by atoms with van der Waals surface area (Å²) in [5.74, 6) is -0.659. The lowest BCUT2D eigenvalue weighted by Crippen LogP contribution is -2.17. The highest BCUT2D eigenvalue weighted by Gasteiger charge is 2.09. The minimum atomic E-state index is -0.440. The van der Waals surface area contributed by atoms with Gasteiger partial charge in [0.05, 0.1) is 11.8 Å². The summed E-state index contributed by atoms with van der Waals surface area (Å²) in [7, 11) is 0. The van der Waals surface area contributed by atoms with Crippen LogP contribution >= 0.6 is 0 Å². The van der Waals surface area contributed by atoms with Crippen LogP contribution in [0, 0.1) is 0 Å². The van der Waals surface area contributed by atoms with Crippen LogP contribution in [0.3, 0.4) is 0 Å². The summed E-state index contributed by atoms with van der Waals surface area (Å²) in [4.78, 5) is 36.6. The third-order valence-corrected chi connectivity index (χ3v) is 4.92. The number of hydrogen-bond donors (Lipinski definition) is 2. The number of carbonyl (C=O) groups is 3. The largest absolute Gasteiger partial charge is 0.423 e. The van der Waals surface area contributed by atoms with E-state index < -0.39 is 11.9 Å². The highest BCUT2D eigenvalue weighted by molar-refractivity contribution is 6.04. The number of rotatable bonds is 7. The molecule has 2 amide bonds. The molecule has 0 radical (unpaired) electrons. The molecule has 0 aliphatic rings. The molecule has 4 aromatic carbocycles. The molecule has 4 aromatic rings. The van der Waals surface area contributed by atoms with E-state index in [0.29, 0.717) is 33.7 Å². The molecular weight excluding hydrogens is 442 g/mol. The van der Waals surface area contributed by atoms with Gasteiger partial charge in [-0.2, -0.15) is 5.10 Å². The van der Waals surface area contributed by atoms with E-state index in [2.05, 4.69) is 15.8 Å². The number of benzene rings is 4. The van der Waals surface area contributed by atoms with Crippen LogP contribution in [0.2, 0.25) is 0 Å². The van der Waals surface area contributed by atoms with E-state index in [4.69, 9.17) is 4.74 Å². The molecule has 4 rings (SSSR count). The molecule has 0 bridgehead atoms. The Kier molecular flexibility index (Phi) is 7.40. The molecule has 0 saturated heterocycles. The minimum Gasteiger partial charge on any atom is -0.423 e. The zero-order valence-corrected chi connectivity index (χ0v) is 18.5.